The number of carbonyl (C=O) groups excluding carboxylic acids is 2. The minimum atomic E-state index is -0.741. The molecule has 7 heteroatoms. The Morgan fingerprint density at radius 2 is 1.74 bits per heavy atom. The lowest BCUT2D eigenvalue weighted by atomic mass is 9.93. The second-order valence-corrected chi connectivity index (χ2v) is 9.49. The van der Waals surface area contributed by atoms with Gasteiger partial charge in [0.15, 0.2) is 0 Å². The molecule has 0 aliphatic carbocycles. The zero-order valence-corrected chi connectivity index (χ0v) is 19.3. The fourth-order valence-electron chi connectivity index (χ4n) is 5.35. The number of aliphatic hydroxyl groups is 1. The third-order valence-electron chi connectivity index (χ3n) is 7.15. The standard InChI is InChI=1S/C27H32N2O5/c30-22-16-29(27(32)20-7-2-1-3-8-20)24-11-10-23(34-25(24)18-33-17-22)14-26(31)28-13-12-19-6-4-5-9-21(19)15-28/h1-9,22-25,30H,10-18H2/t22-,23+,24-,25+/m0/s1. The third-order valence-corrected chi connectivity index (χ3v) is 7.15. The molecule has 2 saturated heterocycles. The Kier molecular flexibility index (Phi) is 6.94. The first-order valence-electron chi connectivity index (χ1n) is 12.2. The van der Waals surface area contributed by atoms with Gasteiger partial charge < -0.3 is 24.4 Å². The van der Waals surface area contributed by atoms with Crippen molar-refractivity contribution in [1.82, 2.24) is 9.80 Å². The SMILES string of the molecule is O=C(C[C@H]1CC[C@H]2[C@@H](COC[C@@H](O)CN2C(=O)c2ccccc2)O1)N1CCc2ccccc2C1. The van der Waals surface area contributed by atoms with Gasteiger partial charge in [-0.15, -0.1) is 0 Å². The van der Waals surface area contributed by atoms with Gasteiger partial charge in [-0.05, 0) is 42.5 Å². The summed E-state index contributed by atoms with van der Waals surface area (Å²) in [5, 5.41) is 10.3. The number of aliphatic hydroxyl groups excluding tert-OH is 1. The normalized spacial score (nSPS) is 27.2. The number of nitrogens with zero attached hydrogens (tertiary/aromatic N) is 2. The molecular weight excluding hydrogens is 432 g/mol. The number of hydrogen-bond acceptors (Lipinski definition) is 5. The first-order chi connectivity index (χ1) is 16.6. The van der Waals surface area contributed by atoms with E-state index in [4.69, 9.17) is 9.47 Å². The fourth-order valence-corrected chi connectivity index (χ4v) is 5.35. The van der Waals surface area contributed by atoms with Crippen LogP contribution in [0.25, 0.3) is 0 Å². The number of ether oxygens (including phenoxy) is 2. The summed E-state index contributed by atoms with van der Waals surface area (Å²) in [4.78, 5) is 30.0. The van der Waals surface area contributed by atoms with Crippen LogP contribution in [0.5, 0.6) is 0 Å². The monoisotopic (exact) mass is 464 g/mol. The van der Waals surface area contributed by atoms with Crippen LogP contribution in [0.4, 0.5) is 0 Å². The topological polar surface area (TPSA) is 79.3 Å². The third kappa shape index (κ3) is 5.02. The van der Waals surface area contributed by atoms with Crippen LogP contribution in [0, 0.1) is 0 Å². The van der Waals surface area contributed by atoms with Crippen LogP contribution in [-0.4, -0.2) is 77.4 Å². The summed E-state index contributed by atoms with van der Waals surface area (Å²) in [6, 6.07) is 17.2. The van der Waals surface area contributed by atoms with Crippen molar-refractivity contribution < 1.29 is 24.2 Å². The molecule has 7 nitrogen and oxygen atoms in total. The molecule has 2 fully saturated rings. The zero-order chi connectivity index (χ0) is 23.5. The summed E-state index contributed by atoms with van der Waals surface area (Å²) in [5.74, 6) is -0.000913. The van der Waals surface area contributed by atoms with E-state index in [0.29, 0.717) is 38.0 Å². The fraction of sp³-hybridized carbons (Fsp3) is 0.481. The van der Waals surface area contributed by atoms with Crippen molar-refractivity contribution in [1.29, 1.82) is 0 Å². The van der Waals surface area contributed by atoms with E-state index < -0.39 is 6.10 Å². The van der Waals surface area contributed by atoms with Gasteiger partial charge in [-0.25, -0.2) is 0 Å². The van der Waals surface area contributed by atoms with Crippen molar-refractivity contribution in [2.45, 2.75) is 56.6 Å². The molecule has 0 unspecified atom stereocenters. The summed E-state index contributed by atoms with van der Waals surface area (Å²) in [5.41, 5.74) is 3.13. The molecule has 3 heterocycles. The van der Waals surface area contributed by atoms with Gasteiger partial charge in [0.1, 0.15) is 6.10 Å². The quantitative estimate of drug-likeness (QED) is 0.755. The number of benzene rings is 2. The first-order valence-corrected chi connectivity index (χ1v) is 12.2. The Morgan fingerprint density at radius 3 is 2.56 bits per heavy atom. The lowest BCUT2D eigenvalue weighted by Gasteiger charge is -2.44. The summed E-state index contributed by atoms with van der Waals surface area (Å²) >= 11 is 0. The Hall–Kier alpha value is -2.74. The molecule has 0 bridgehead atoms. The van der Waals surface area contributed by atoms with Crippen molar-refractivity contribution in [3.05, 3.63) is 71.3 Å². The lowest BCUT2D eigenvalue weighted by molar-refractivity contribution is -0.155. The van der Waals surface area contributed by atoms with Crippen molar-refractivity contribution in [2.24, 2.45) is 0 Å². The highest BCUT2D eigenvalue weighted by Crippen LogP contribution is 2.30. The molecule has 34 heavy (non-hydrogen) atoms. The average Bonchev–Trinajstić information content (AvgIpc) is 2.86. The van der Waals surface area contributed by atoms with E-state index in [-0.39, 0.29) is 43.2 Å². The maximum atomic E-state index is 13.3. The molecule has 4 atom stereocenters. The van der Waals surface area contributed by atoms with Gasteiger partial charge in [-0.1, -0.05) is 42.5 Å². The highest BCUT2D eigenvalue weighted by Gasteiger charge is 2.40. The Morgan fingerprint density at radius 1 is 0.971 bits per heavy atom. The average molecular weight is 465 g/mol. The van der Waals surface area contributed by atoms with Crippen LogP contribution in [0.15, 0.2) is 54.6 Å². The molecule has 3 aliphatic rings. The van der Waals surface area contributed by atoms with Crippen LogP contribution >= 0.6 is 0 Å². The van der Waals surface area contributed by atoms with Gasteiger partial charge in [0.25, 0.3) is 5.91 Å². The van der Waals surface area contributed by atoms with E-state index in [1.165, 1.54) is 11.1 Å². The van der Waals surface area contributed by atoms with Crippen molar-refractivity contribution in [3.63, 3.8) is 0 Å². The van der Waals surface area contributed by atoms with Gasteiger partial charge in [0.2, 0.25) is 5.91 Å². The molecule has 180 valence electrons. The molecule has 2 aromatic carbocycles. The van der Waals surface area contributed by atoms with Crippen molar-refractivity contribution >= 4 is 11.8 Å². The lowest BCUT2D eigenvalue weighted by Crippen LogP contribution is -2.57. The van der Waals surface area contributed by atoms with Crippen LogP contribution in [0.3, 0.4) is 0 Å². The van der Waals surface area contributed by atoms with Gasteiger partial charge in [0, 0.05) is 25.2 Å². The predicted molar refractivity (Wildman–Crippen MR) is 126 cm³/mol. The second kappa shape index (κ2) is 10.3. The smallest absolute Gasteiger partial charge is 0.254 e. The summed E-state index contributed by atoms with van der Waals surface area (Å²) in [6.07, 6.45) is 1.34. The van der Waals surface area contributed by atoms with Crippen LogP contribution < -0.4 is 0 Å². The van der Waals surface area contributed by atoms with E-state index in [1.54, 1.807) is 17.0 Å². The number of rotatable bonds is 3. The van der Waals surface area contributed by atoms with Crippen LogP contribution in [0.1, 0.15) is 40.7 Å². The van der Waals surface area contributed by atoms with E-state index in [1.807, 2.05) is 35.2 Å². The van der Waals surface area contributed by atoms with Crippen LogP contribution in [0.2, 0.25) is 0 Å². The Bertz CT molecular complexity index is 1010. The highest BCUT2D eigenvalue weighted by atomic mass is 16.5. The van der Waals surface area contributed by atoms with Crippen molar-refractivity contribution in [2.75, 3.05) is 26.3 Å². The molecule has 0 radical (unpaired) electrons. The highest BCUT2D eigenvalue weighted by molar-refractivity contribution is 5.94. The molecular formula is C27H32N2O5. The van der Waals surface area contributed by atoms with Crippen molar-refractivity contribution in [3.8, 4) is 0 Å². The molecule has 0 aromatic heterocycles. The van der Waals surface area contributed by atoms with E-state index >= 15 is 0 Å². The number of fused-ring (bicyclic) bond motifs is 2. The molecule has 5 rings (SSSR count). The van der Waals surface area contributed by atoms with Gasteiger partial charge >= 0.3 is 0 Å². The van der Waals surface area contributed by atoms with Gasteiger partial charge in [0.05, 0.1) is 37.9 Å². The molecule has 0 saturated carbocycles. The maximum absolute atomic E-state index is 13.3. The second-order valence-electron chi connectivity index (χ2n) is 9.49. The van der Waals surface area contributed by atoms with E-state index in [0.717, 1.165) is 13.0 Å². The molecule has 1 N–H and O–H groups in total. The first kappa shape index (κ1) is 23.0. The maximum Gasteiger partial charge on any atom is 0.254 e. The molecule has 2 aromatic rings. The molecule has 0 spiro atoms. The summed E-state index contributed by atoms with van der Waals surface area (Å²) < 4.78 is 12.1. The number of carbonyl (C=O) groups is 2. The number of hydrogen-bond donors (Lipinski definition) is 1. The predicted octanol–water partition coefficient (Wildman–Crippen LogP) is 2.41. The largest absolute Gasteiger partial charge is 0.389 e. The minimum Gasteiger partial charge on any atom is -0.389 e. The zero-order valence-electron chi connectivity index (χ0n) is 19.3. The molecule has 2 amide bonds. The molecule has 3 aliphatic heterocycles. The minimum absolute atomic E-state index is 0.109. The van der Waals surface area contributed by atoms with E-state index in [9.17, 15) is 14.7 Å². The Labute approximate surface area is 200 Å². The number of β-amino-alcohol motifs (C(OH)–C–C–N with tert-alkyl or cyclic N) is 1. The van der Waals surface area contributed by atoms with Crippen LogP contribution in [-0.2, 0) is 27.2 Å². The van der Waals surface area contributed by atoms with Gasteiger partial charge in [-0.2, -0.15) is 0 Å². The van der Waals surface area contributed by atoms with E-state index in [2.05, 4.69) is 12.1 Å². The number of amides is 2. The van der Waals surface area contributed by atoms with Gasteiger partial charge in [-0.3, -0.25) is 9.59 Å². The summed E-state index contributed by atoms with van der Waals surface area (Å²) in [6.45, 7) is 2.03. The Balaban J connectivity index is 1.25. The summed E-state index contributed by atoms with van der Waals surface area (Å²) in [7, 11) is 0.